The maximum atomic E-state index is 12.5. The second kappa shape index (κ2) is 5.56. The van der Waals surface area contributed by atoms with E-state index in [0.29, 0.717) is 5.56 Å². The molecule has 0 bridgehead atoms. The molecule has 2 aromatic heterocycles. The van der Waals surface area contributed by atoms with Crippen molar-refractivity contribution >= 4 is 17.3 Å². The van der Waals surface area contributed by atoms with Crippen LogP contribution in [-0.2, 0) is 4.79 Å². The van der Waals surface area contributed by atoms with Crippen LogP contribution in [0.2, 0.25) is 0 Å². The van der Waals surface area contributed by atoms with Gasteiger partial charge in [-0.25, -0.2) is 4.52 Å². The Morgan fingerprint density at radius 3 is 2.38 bits per heavy atom. The van der Waals surface area contributed by atoms with Crippen molar-refractivity contribution in [2.75, 3.05) is 0 Å². The van der Waals surface area contributed by atoms with Gasteiger partial charge in [0.05, 0.1) is 17.3 Å². The number of nitrogens with zero attached hydrogens (tertiary/aromatic N) is 2. The van der Waals surface area contributed by atoms with Crippen molar-refractivity contribution in [3.63, 3.8) is 0 Å². The van der Waals surface area contributed by atoms with Crippen LogP contribution in [0.15, 0.2) is 30.6 Å². The van der Waals surface area contributed by atoms with Crippen LogP contribution in [0.25, 0.3) is 5.52 Å². The minimum atomic E-state index is -0.0877. The molecule has 0 unspecified atom stereocenters. The van der Waals surface area contributed by atoms with E-state index >= 15 is 0 Å². The summed E-state index contributed by atoms with van der Waals surface area (Å²) in [6.45, 7) is 8.60. The predicted octanol–water partition coefficient (Wildman–Crippen LogP) is 2.39. The van der Waals surface area contributed by atoms with E-state index in [9.17, 15) is 9.59 Å². The first kappa shape index (κ1) is 17.1. The Morgan fingerprint density at radius 1 is 1.08 bits per heavy atom. The summed E-state index contributed by atoms with van der Waals surface area (Å²) in [5.41, 5.74) is 1.53. The quantitative estimate of drug-likeness (QED) is 0.885. The van der Waals surface area contributed by atoms with Crippen LogP contribution >= 0.6 is 0 Å². The summed E-state index contributed by atoms with van der Waals surface area (Å²) in [7, 11) is 0. The van der Waals surface area contributed by atoms with E-state index in [1.54, 1.807) is 10.7 Å². The monoisotopic (exact) mass is 354 g/mol. The van der Waals surface area contributed by atoms with Gasteiger partial charge >= 0.3 is 0 Å². The molecule has 2 aliphatic carbocycles. The minimum Gasteiger partial charge on any atom is -0.353 e. The molecule has 0 saturated heterocycles. The number of carbonyl (C=O) groups excluding carboxylic acids is 2. The van der Waals surface area contributed by atoms with Gasteiger partial charge in [0, 0.05) is 24.2 Å². The molecule has 138 valence electrons. The van der Waals surface area contributed by atoms with Gasteiger partial charge in [-0.05, 0) is 41.9 Å². The average molecular weight is 354 g/mol. The maximum absolute atomic E-state index is 12.5. The molecule has 26 heavy (non-hydrogen) atoms. The van der Waals surface area contributed by atoms with Crippen LogP contribution in [0, 0.1) is 16.7 Å². The smallest absolute Gasteiger partial charge is 0.253 e. The van der Waals surface area contributed by atoms with Gasteiger partial charge in [0.15, 0.2) is 0 Å². The molecule has 2 aromatic rings. The summed E-state index contributed by atoms with van der Waals surface area (Å²) >= 11 is 0. The van der Waals surface area contributed by atoms with Crippen molar-refractivity contribution in [1.29, 1.82) is 0 Å². The zero-order chi connectivity index (χ0) is 18.7. The lowest BCUT2D eigenvalue weighted by molar-refractivity contribution is -0.124. The number of hydrogen-bond acceptors (Lipinski definition) is 3. The van der Waals surface area contributed by atoms with Crippen LogP contribution in [-0.4, -0.2) is 33.5 Å². The zero-order valence-electron chi connectivity index (χ0n) is 15.7. The fourth-order valence-corrected chi connectivity index (χ4v) is 4.40. The predicted molar refractivity (Wildman–Crippen MR) is 98.7 cm³/mol. The topological polar surface area (TPSA) is 75.5 Å². The lowest BCUT2D eigenvalue weighted by Crippen LogP contribution is -2.54. The van der Waals surface area contributed by atoms with Gasteiger partial charge in [-0.2, -0.15) is 5.10 Å². The SMILES string of the molecule is CC1(C)C(C(=O)NC2CC(NC(=O)c3cccn4nccc34)C2)C1(C)C. The summed E-state index contributed by atoms with van der Waals surface area (Å²) in [5.74, 6) is 0.136. The third kappa shape index (κ3) is 2.50. The molecule has 0 aliphatic heterocycles. The lowest BCUT2D eigenvalue weighted by atomic mass is 9.86. The molecule has 2 saturated carbocycles. The van der Waals surface area contributed by atoms with E-state index in [1.165, 1.54) is 0 Å². The second-order valence-corrected chi connectivity index (χ2v) is 8.81. The highest BCUT2D eigenvalue weighted by Crippen LogP contribution is 2.68. The molecular weight excluding hydrogens is 328 g/mol. The number of nitrogens with one attached hydrogen (secondary N) is 2. The first-order valence-corrected chi connectivity index (χ1v) is 9.25. The molecule has 6 nitrogen and oxygen atoms in total. The highest BCUT2D eigenvalue weighted by atomic mass is 16.2. The van der Waals surface area contributed by atoms with Crippen molar-refractivity contribution in [3.8, 4) is 0 Å². The van der Waals surface area contributed by atoms with Crippen molar-refractivity contribution < 1.29 is 9.59 Å². The van der Waals surface area contributed by atoms with Crippen molar-refractivity contribution in [2.45, 2.75) is 52.6 Å². The molecule has 6 heteroatoms. The number of amides is 2. The largest absolute Gasteiger partial charge is 0.353 e. The first-order valence-electron chi connectivity index (χ1n) is 9.25. The summed E-state index contributed by atoms with van der Waals surface area (Å²) in [4.78, 5) is 25.0. The Balaban J connectivity index is 1.30. The van der Waals surface area contributed by atoms with Crippen LogP contribution in [0.3, 0.4) is 0 Å². The number of pyridine rings is 1. The van der Waals surface area contributed by atoms with E-state index in [0.717, 1.165) is 18.4 Å². The Labute approximate surface area is 153 Å². The number of hydrogen-bond donors (Lipinski definition) is 2. The second-order valence-electron chi connectivity index (χ2n) is 8.81. The summed E-state index contributed by atoms with van der Waals surface area (Å²) < 4.78 is 1.69. The van der Waals surface area contributed by atoms with Crippen LogP contribution in [0.1, 0.15) is 50.9 Å². The molecule has 2 fully saturated rings. The molecular formula is C20H26N4O2. The van der Waals surface area contributed by atoms with Crippen LogP contribution in [0.4, 0.5) is 0 Å². The molecule has 0 atom stereocenters. The molecule has 2 amide bonds. The number of aromatic nitrogens is 2. The number of rotatable bonds is 4. The highest BCUT2D eigenvalue weighted by molar-refractivity contribution is 6.00. The van der Waals surface area contributed by atoms with Crippen LogP contribution in [0.5, 0.6) is 0 Å². The maximum Gasteiger partial charge on any atom is 0.253 e. The fraction of sp³-hybridized carbons (Fsp3) is 0.550. The molecule has 2 N–H and O–H groups in total. The third-order valence-electron chi connectivity index (χ3n) is 6.78. The normalized spacial score (nSPS) is 26.2. The molecule has 2 aliphatic rings. The van der Waals surface area contributed by atoms with Gasteiger partial charge in [-0.15, -0.1) is 0 Å². The number of carbonyl (C=O) groups is 2. The zero-order valence-corrected chi connectivity index (χ0v) is 15.7. The van der Waals surface area contributed by atoms with Crippen LogP contribution < -0.4 is 10.6 Å². The Morgan fingerprint density at radius 2 is 1.73 bits per heavy atom. The minimum absolute atomic E-state index is 0.0539. The van der Waals surface area contributed by atoms with E-state index in [2.05, 4.69) is 43.4 Å². The van der Waals surface area contributed by atoms with E-state index < -0.39 is 0 Å². The molecule has 4 rings (SSSR count). The van der Waals surface area contributed by atoms with Gasteiger partial charge in [-0.3, -0.25) is 9.59 Å². The molecule has 0 spiro atoms. The van der Waals surface area contributed by atoms with Crippen molar-refractivity contribution in [1.82, 2.24) is 20.2 Å². The van der Waals surface area contributed by atoms with Gasteiger partial charge in [-0.1, -0.05) is 27.7 Å². The highest BCUT2D eigenvalue weighted by Gasteiger charge is 2.68. The van der Waals surface area contributed by atoms with Crippen molar-refractivity contribution in [2.24, 2.45) is 16.7 Å². The Bertz CT molecular complexity index is 863. The Hall–Kier alpha value is -2.37. The first-order chi connectivity index (χ1) is 12.2. The van der Waals surface area contributed by atoms with Gasteiger partial charge in [0.2, 0.25) is 5.91 Å². The number of fused-ring (bicyclic) bond motifs is 1. The van der Waals surface area contributed by atoms with Crippen molar-refractivity contribution in [3.05, 3.63) is 36.2 Å². The van der Waals surface area contributed by atoms with Gasteiger partial charge in [0.1, 0.15) is 0 Å². The molecule has 2 heterocycles. The lowest BCUT2D eigenvalue weighted by Gasteiger charge is -2.36. The summed E-state index contributed by atoms with van der Waals surface area (Å²) in [5, 5.41) is 10.4. The standard InChI is InChI=1S/C20H26N4O2/c1-19(2)16(20(19,3)4)18(26)23-13-10-12(11-13)22-17(25)14-6-5-9-24-15(14)7-8-21-24/h5-9,12-13,16H,10-11H2,1-4H3,(H,22,25)(H,23,26). The van der Waals surface area contributed by atoms with E-state index in [1.807, 2.05) is 24.4 Å². The summed E-state index contributed by atoms with van der Waals surface area (Å²) in [6.07, 6.45) is 5.07. The molecule has 0 radical (unpaired) electrons. The van der Waals surface area contributed by atoms with Gasteiger partial charge < -0.3 is 10.6 Å². The average Bonchev–Trinajstić information content (AvgIpc) is 2.89. The molecule has 0 aromatic carbocycles. The summed E-state index contributed by atoms with van der Waals surface area (Å²) in [6, 6.07) is 5.72. The van der Waals surface area contributed by atoms with E-state index in [4.69, 9.17) is 0 Å². The van der Waals surface area contributed by atoms with Gasteiger partial charge in [0.25, 0.3) is 5.91 Å². The Kier molecular flexibility index (Phi) is 3.65. The van der Waals surface area contributed by atoms with E-state index in [-0.39, 0.29) is 40.6 Å². The fourth-order valence-electron chi connectivity index (χ4n) is 4.40. The third-order valence-corrected chi connectivity index (χ3v) is 6.78.